The average Bonchev–Trinajstić information content (AvgIpc) is 2.40. The number of anilines is 3. The average molecular weight is 258 g/mol. The van der Waals surface area contributed by atoms with Crippen LogP contribution in [0.2, 0.25) is 0 Å². The second-order valence-electron chi connectivity index (χ2n) is 4.03. The number of carbonyl (C=O) groups is 1. The third kappa shape index (κ3) is 3.95. The van der Waals surface area contributed by atoms with Gasteiger partial charge < -0.3 is 15.7 Å². The predicted octanol–water partition coefficient (Wildman–Crippen LogP) is 2.03. The van der Waals surface area contributed by atoms with Crippen LogP contribution in [0.3, 0.4) is 0 Å². The van der Waals surface area contributed by atoms with Crippen molar-refractivity contribution in [1.82, 2.24) is 9.97 Å². The Morgan fingerprint density at radius 3 is 2.37 bits per heavy atom. The first-order valence-corrected chi connectivity index (χ1v) is 5.75. The van der Waals surface area contributed by atoms with Crippen LogP contribution in [0.15, 0.2) is 36.7 Å². The maximum atomic E-state index is 10.4. The van der Waals surface area contributed by atoms with Gasteiger partial charge in [0.25, 0.3) is 0 Å². The summed E-state index contributed by atoms with van der Waals surface area (Å²) in [4.78, 5) is 18.6. The lowest BCUT2D eigenvalue weighted by Gasteiger charge is -2.06. The minimum Gasteiger partial charge on any atom is -0.480 e. The van der Waals surface area contributed by atoms with Crippen LogP contribution >= 0.6 is 0 Å². The molecule has 0 radical (unpaired) electrons. The molecule has 6 heteroatoms. The van der Waals surface area contributed by atoms with Gasteiger partial charge in [-0.25, -0.2) is 9.97 Å². The zero-order valence-corrected chi connectivity index (χ0v) is 10.4. The zero-order valence-electron chi connectivity index (χ0n) is 10.4. The van der Waals surface area contributed by atoms with E-state index < -0.39 is 5.97 Å². The maximum Gasteiger partial charge on any atom is 0.322 e. The Balaban J connectivity index is 1.98. The Morgan fingerprint density at radius 1 is 1.16 bits per heavy atom. The summed E-state index contributed by atoms with van der Waals surface area (Å²) in [5.74, 6) is 0.0882. The molecule has 98 valence electrons. The summed E-state index contributed by atoms with van der Waals surface area (Å²) in [6, 6.07) is 7.90. The highest BCUT2D eigenvalue weighted by Gasteiger charge is 2.00. The van der Waals surface area contributed by atoms with Crippen LogP contribution in [0.4, 0.5) is 17.3 Å². The van der Waals surface area contributed by atoms with E-state index in [-0.39, 0.29) is 6.54 Å². The Hall–Kier alpha value is -2.63. The molecule has 6 nitrogen and oxygen atoms in total. The van der Waals surface area contributed by atoms with Crippen LogP contribution in [0.5, 0.6) is 0 Å². The van der Waals surface area contributed by atoms with Crippen molar-refractivity contribution in [3.8, 4) is 0 Å². The number of nitrogens with zero attached hydrogens (tertiary/aromatic N) is 2. The fourth-order valence-electron chi connectivity index (χ4n) is 1.43. The highest BCUT2D eigenvalue weighted by Crippen LogP contribution is 2.14. The van der Waals surface area contributed by atoms with E-state index in [4.69, 9.17) is 5.11 Å². The molecule has 1 aromatic carbocycles. The monoisotopic (exact) mass is 258 g/mol. The van der Waals surface area contributed by atoms with Crippen LogP contribution in [0, 0.1) is 6.92 Å². The van der Waals surface area contributed by atoms with Gasteiger partial charge in [0.1, 0.15) is 18.2 Å². The molecule has 0 atom stereocenters. The number of hydrogen-bond acceptors (Lipinski definition) is 5. The van der Waals surface area contributed by atoms with E-state index >= 15 is 0 Å². The standard InChI is InChI=1S/C13H14N4O2/c1-9-2-4-10(5-3-9)17-12-7-14-11(6-15-12)16-8-13(18)19/h2-7H,8H2,1H3,(H,14,16)(H,15,17)(H,18,19). The van der Waals surface area contributed by atoms with Crippen LogP contribution in [-0.2, 0) is 4.79 Å². The summed E-state index contributed by atoms with van der Waals surface area (Å²) >= 11 is 0. The van der Waals surface area contributed by atoms with E-state index in [1.54, 1.807) is 6.20 Å². The van der Waals surface area contributed by atoms with Crippen molar-refractivity contribution in [1.29, 1.82) is 0 Å². The van der Waals surface area contributed by atoms with E-state index in [9.17, 15) is 4.79 Å². The van der Waals surface area contributed by atoms with Gasteiger partial charge in [-0.2, -0.15) is 0 Å². The van der Waals surface area contributed by atoms with E-state index in [2.05, 4.69) is 20.6 Å². The highest BCUT2D eigenvalue weighted by molar-refractivity contribution is 5.72. The van der Waals surface area contributed by atoms with Gasteiger partial charge in [0.15, 0.2) is 0 Å². The lowest BCUT2D eigenvalue weighted by molar-refractivity contribution is -0.134. The Kier molecular flexibility index (Phi) is 3.92. The van der Waals surface area contributed by atoms with Crippen LogP contribution in [-0.4, -0.2) is 27.6 Å². The first-order chi connectivity index (χ1) is 9.13. The minimum absolute atomic E-state index is 0.181. The molecule has 0 unspecified atom stereocenters. The number of carboxylic acid groups (broad SMARTS) is 1. The molecule has 1 aromatic heterocycles. The summed E-state index contributed by atoms with van der Waals surface area (Å²) < 4.78 is 0. The minimum atomic E-state index is -0.941. The fraction of sp³-hybridized carbons (Fsp3) is 0.154. The first kappa shape index (κ1) is 12.8. The maximum absolute atomic E-state index is 10.4. The second kappa shape index (κ2) is 5.81. The van der Waals surface area contributed by atoms with Crippen molar-refractivity contribution < 1.29 is 9.90 Å². The van der Waals surface area contributed by atoms with Crippen LogP contribution in [0.25, 0.3) is 0 Å². The molecule has 0 aliphatic heterocycles. The summed E-state index contributed by atoms with van der Waals surface area (Å²) in [6.45, 7) is 1.84. The molecule has 0 aliphatic carbocycles. The second-order valence-corrected chi connectivity index (χ2v) is 4.03. The number of hydrogen-bond donors (Lipinski definition) is 3. The van der Waals surface area contributed by atoms with Gasteiger partial charge in [0.05, 0.1) is 12.4 Å². The SMILES string of the molecule is Cc1ccc(Nc2cnc(NCC(=O)O)cn2)cc1. The number of rotatable bonds is 5. The van der Waals surface area contributed by atoms with Crippen molar-refractivity contribution in [2.75, 3.05) is 17.2 Å². The van der Waals surface area contributed by atoms with Crippen LogP contribution < -0.4 is 10.6 Å². The number of aliphatic carboxylic acids is 1. The third-order valence-corrected chi connectivity index (χ3v) is 2.40. The van der Waals surface area contributed by atoms with Crippen molar-refractivity contribution in [2.45, 2.75) is 6.92 Å². The molecule has 3 N–H and O–H groups in total. The Bertz CT molecular complexity index is 552. The largest absolute Gasteiger partial charge is 0.480 e. The quantitative estimate of drug-likeness (QED) is 0.760. The van der Waals surface area contributed by atoms with Crippen molar-refractivity contribution in [3.63, 3.8) is 0 Å². The number of aryl methyl sites for hydroxylation is 1. The Labute approximate surface area is 110 Å². The van der Waals surface area contributed by atoms with Gasteiger partial charge in [-0.1, -0.05) is 17.7 Å². The van der Waals surface area contributed by atoms with Crippen molar-refractivity contribution in [3.05, 3.63) is 42.2 Å². The smallest absolute Gasteiger partial charge is 0.322 e. The molecule has 0 fully saturated rings. The highest BCUT2D eigenvalue weighted by atomic mass is 16.4. The predicted molar refractivity (Wildman–Crippen MR) is 72.6 cm³/mol. The lowest BCUT2D eigenvalue weighted by atomic mass is 10.2. The molecular formula is C13H14N4O2. The molecule has 0 bridgehead atoms. The van der Waals surface area contributed by atoms with Gasteiger partial charge in [0, 0.05) is 5.69 Å². The Morgan fingerprint density at radius 2 is 1.79 bits per heavy atom. The molecule has 19 heavy (non-hydrogen) atoms. The molecule has 0 saturated heterocycles. The number of aromatic nitrogens is 2. The summed E-state index contributed by atoms with van der Waals surface area (Å²) in [6.07, 6.45) is 3.03. The van der Waals surface area contributed by atoms with E-state index in [0.29, 0.717) is 11.6 Å². The van der Waals surface area contributed by atoms with Gasteiger partial charge in [0.2, 0.25) is 0 Å². The van der Waals surface area contributed by atoms with Crippen LogP contribution in [0.1, 0.15) is 5.56 Å². The molecular weight excluding hydrogens is 244 g/mol. The number of carboxylic acids is 1. The van der Waals surface area contributed by atoms with E-state index in [0.717, 1.165) is 5.69 Å². The summed E-state index contributed by atoms with van der Waals surface area (Å²) in [5, 5.41) is 14.3. The normalized spacial score (nSPS) is 9.95. The van der Waals surface area contributed by atoms with E-state index in [1.165, 1.54) is 11.8 Å². The zero-order chi connectivity index (χ0) is 13.7. The molecule has 0 aliphatic rings. The molecule has 2 aromatic rings. The molecule has 0 saturated carbocycles. The van der Waals surface area contributed by atoms with Crippen molar-refractivity contribution in [2.24, 2.45) is 0 Å². The molecule has 0 spiro atoms. The van der Waals surface area contributed by atoms with Gasteiger partial charge in [-0.15, -0.1) is 0 Å². The number of benzene rings is 1. The first-order valence-electron chi connectivity index (χ1n) is 5.75. The van der Waals surface area contributed by atoms with Gasteiger partial charge in [-0.05, 0) is 19.1 Å². The third-order valence-electron chi connectivity index (χ3n) is 2.40. The van der Waals surface area contributed by atoms with Gasteiger partial charge >= 0.3 is 5.97 Å². The topological polar surface area (TPSA) is 87.1 Å². The molecule has 2 rings (SSSR count). The van der Waals surface area contributed by atoms with Gasteiger partial charge in [-0.3, -0.25) is 4.79 Å². The summed E-state index contributed by atoms with van der Waals surface area (Å²) in [5.41, 5.74) is 2.11. The number of nitrogens with one attached hydrogen (secondary N) is 2. The lowest BCUT2D eigenvalue weighted by Crippen LogP contribution is -2.13. The fourth-order valence-corrected chi connectivity index (χ4v) is 1.43. The van der Waals surface area contributed by atoms with E-state index in [1.807, 2.05) is 31.2 Å². The molecule has 0 amide bonds. The molecule has 1 heterocycles. The van der Waals surface area contributed by atoms with Crippen molar-refractivity contribution >= 4 is 23.3 Å². The summed E-state index contributed by atoms with van der Waals surface area (Å²) in [7, 11) is 0.